The maximum Gasteiger partial charge on any atom is 0.323 e. The Morgan fingerprint density at radius 1 is 1.14 bits per heavy atom. The summed E-state index contributed by atoms with van der Waals surface area (Å²) in [5.74, 6) is 1.02. The highest BCUT2D eigenvalue weighted by Crippen LogP contribution is 2.35. The molecule has 1 aliphatic heterocycles. The Hall–Kier alpha value is -2.22. The molecule has 0 aromatic carbocycles. The lowest BCUT2D eigenvalue weighted by atomic mass is 10.0. The molecule has 2 aliphatic carbocycles. The van der Waals surface area contributed by atoms with E-state index in [0.29, 0.717) is 12.1 Å². The number of anilines is 2. The van der Waals surface area contributed by atoms with Crippen molar-refractivity contribution in [2.45, 2.75) is 63.5 Å². The molecular weight excluding hydrogens is 372 g/mol. The molecule has 3 aliphatic rings. The molecule has 2 fully saturated rings. The number of fused-ring (bicyclic) bond motifs is 1. The number of rotatable bonds is 4. The highest BCUT2D eigenvalue weighted by Gasteiger charge is 2.37. The number of hydrogen-bond donors (Lipinski definition) is 1. The van der Waals surface area contributed by atoms with Crippen LogP contribution in [0.15, 0.2) is 18.6 Å². The second-order valence-corrected chi connectivity index (χ2v) is 9.03. The lowest BCUT2D eigenvalue weighted by Gasteiger charge is -2.39. The fourth-order valence-electron chi connectivity index (χ4n) is 4.38. The third-order valence-electron chi connectivity index (χ3n) is 5.98. The Labute approximate surface area is 169 Å². The van der Waals surface area contributed by atoms with Crippen molar-refractivity contribution < 1.29 is 4.79 Å². The molecule has 148 valence electrons. The van der Waals surface area contributed by atoms with Crippen LogP contribution in [0.1, 0.15) is 49.1 Å². The van der Waals surface area contributed by atoms with Gasteiger partial charge in [-0.15, -0.1) is 11.3 Å². The maximum absolute atomic E-state index is 12.7. The van der Waals surface area contributed by atoms with Crippen molar-refractivity contribution in [2.75, 3.05) is 23.3 Å². The fraction of sp³-hybridized carbons (Fsp3) is 0.600. The second kappa shape index (κ2) is 7.66. The molecule has 2 amide bonds. The van der Waals surface area contributed by atoms with E-state index >= 15 is 0 Å². The summed E-state index contributed by atoms with van der Waals surface area (Å²) in [4.78, 5) is 31.6. The van der Waals surface area contributed by atoms with Gasteiger partial charge in [0.1, 0.15) is 12.1 Å². The number of urea groups is 1. The number of carbonyl (C=O) groups is 1. The number of nitrogens with one attached hydrogen (secondary N) is 1. The van der Waals surface area contributed by atoms with Gasteiger partial charge in [-0.25, -0.2) is 19.7 Å². The maximum atomic E-state index is 12.7. The molecule has 8 heteroatoms. The van der Waals surface area contributed by atoms with Gasteiger partial charge in [-0.2, -0.15) is 0 Å². The first-order chi connectivity index (χ1) is 13.8. The molecule has 2 aromatic rings. The normalized spacial score (nSPS) is 19.9. The van der Waals surface area contributed by atoms with Gasteiger partial charge in [-0.05, 0) is 57.4 Å². The number of likely N-dealkylation sites (tertiary alicyclic amines) is 1. The topological polar surface area (TPSA) is 74.2 Å². The summed E-state index contributed by atoms with van der Waals surface area (Å²) in [6.45, 7) is 1.55. The molecule has 1 saturated heterocycles. The van der Waals surface area contributed by atoms with E-state index in [1.54, 1.807) is 17.7 Å². The minimum Gasteiger partial charge on any atom is -0.350 e. The Morgan fingerprint density at radius 2 is 1.93 bits per heavy atom. The number of hydrogen-bond acceptors (Lipinski definition) is 6. The number of nitrogens with zero attached hydrogens (tertiary/aromatic N) is 5. The van der Waals surface area contributed by atoms with Crippen molar-refractivity contribution in [1.29, 1.82) is 0 Å². The zero-order valence-electron chi connectivity index (χ0n) is 16.0. The van der Waals surface area contributed by atoms with Gasteiger partial charge in [0.15, 0.2) is 5.13 Å². The Balaban J connectivity index is 1.19. The largest absolute Gasteiger partial charge is 0.350 e. The average Bonchev–Trinajstić information content (AvgIpc) is 3.48. The zero-order chi connectivity index (χ0) is 18.9. The molecule has 1 saturated carbocycles. The third-order valence-corrected chi connectivity index (χ3v) is 7.05. The second-order valence-electron chi connectivity index (χ2n) is 7.95. The zero-order valence-corrected chi connectivity index (χ0v) is 16.8. The molecule has 0 unspecified atom stereocenters. The summed E-state index contributed by atoms with van der Waals surface area (Å²) < 4.78 is 0. The Morgan fingerprint density at radius 3 is 2.64 bits per heavy atom. The molecular formula is C20H26N6OS. The van der Waals surface area contributed by atoms with E-state index in [4.69, 9.17) is 0 Å². The van der Waals surface area contributed by atoms with Crippen LogP contribution >= 0.6 is 11.3 Å². The molecule has 28 heavy (non-hydrogen) atoms. The van der Waals surface area contributed by atoms with Crippen LogP contribution in [0.2, 0.25) is 0 Å². The molecule has 2 aromatic heterocycles. The molecule has 7 nitrogen and oxygen atoms in total. The average molecular weight is 399 g/mol. The quantitative estimate of drug-likeness (QED) is 0.853. The number of amides is 2. The number of piperidine rings is 1. The monoisotopic (exact) mass is 398 g/mol. The summed E-state index contributed by atoms with van der Waals surface area (Å²) in [7, 11) is 0. The molecule has 0 bridgehead atoms. The first-order valence-corrected chi connectivity index (χ1v) is 11.2. The van der Waals surface area contributed by atoms with E-state index in [1.165, 1.54) is 36.3 Å². The Kier molecular flexibility index (Phi) is 4.88. The summed E-state index contributed by atoms with van der Waals surface area (Å²) in [6, 6.07) is 3.03. The van der Waals surface area contributed by atoms with Gasteiger partial charge in [0.05, 0.1) is 5.69 Å². The summed E-state index contributed by atoms with van der Waals surface area (Å²) >= 11 is 1.65. The summed E-state index contributed by atoms with van der Waals surface area (Å²) in [6.07, 6.45) is 12.5. The van der Waals surface area contributed by atoms with E-state index in [0.717, 1.165) is 49.7 Å². The lowest BCUT2D eigenvalue weighted by molar-refractivity contribution is 0.193. The molecule has 1 N–H and O–H groups in total. The fourth-order valence-corrected chi connectivity index (χ4v) is 5.42. The first-order valence-electron chi connectivity index (χ1n) is 10.4. The van der Waals surface area contributed by atoms with Crippen molar-refractivity contribution in [3.8, 4) is 0 Å². The standard InChI is InChI=1S/C20H26N6OS/c27-20(24-19-23-16-3-1-2-4-17(16)28-19)25-11-8-15(9-12-25)26(14-5-6-14)18-7-10-21-13-22-18/h7,10,13-15H,1-6,8-9,11-12H2,(H,23,24,27). The van der Waals surface area contributed by atoms with Gasteiger partial charge in [0.2, 0.25) is 0 Å². The number of thiazole rings is 1. The van der Waals surface area contributed by atoms with Crippen LogP contribution in [0.3, 0.4) is 0 Å². The molecule has 5 rings (SSSR count). The molecule has 0 spiro atoms. The highest BCUT2D eigenvalue weighted by atomic mass is 32.1. The highest BCUT2D eigenvalue weighted by molar-refractivity contribution is 7.15. The van der Waals surface area contributed by atoms with E-state index in [1.807, 2.05) is 17.2 Å². The Bertz CT molecular complexity index is 805. The molecule has 0 radical (unpaired) electrons. The lowest BCUT2D eigenvalue weighted by Crippen LogP contribution is -2.49. The first kappa shape index (κ1) is 17.8. The smallest absolute Gasteiger partial charge is 0.323 e. The van der Waals surface area contributed by atoms with Crippen molar-refractivity contribution >= 4 is 28.3 Å². The predicted octanol–water partition coefficient (Wildman–Crippen LogP) is 3.48. The van der Waals surface area contributed by atoms with Crippen LogP contribution < -0.4 is 10.2 Å². The van der Waals surface area contributed by atoms with Crippen LogP contribution in [0.4, 0.5) is 15.7 Å². The molecule has 3 heterocycles. The van der Waals surface area contributed by atoms with Crippen LogP contribution in [0, 0.1) is 0 Å². The van der Waals surface area contributed by atoms with E-state index in [2.05, 4.69) is 25.2 Å². The van der Waals surface area contributed by atoms with Crippen LogP contribution in [0.5, 0.6) is 0 Å². The van der Waals surface area contributed by atoms with Crippen molar-refractivity contribution in [3.63, 3.8) is 0 Å². The van der Waals surface area contributed by atoms with Gasteiger partial charge in [-0.3, -0.25) is 5.32 Å². The van der Waals surface area contributed by atoms with Gasteiger partial charge in [-0.1, -0.05) is 0 Å². The molecule has 0 atom stereocenters. The van der Waals surface area contributed by atoms with Gasteiger partial charge >= 0.3 is 6.03 Å². The number of aryl methyl sites for hydroxylation is 2. The van der Waals surface area contributed by atoms with Crippen LogP contribution in [-0.2, 0) is 12.8 Å². The van der Waals surface area contributed by atoms with E-state index in [-0.39, 0.29) is 6.03 Å². The van der Waals surface area contributed by atoms with E-state index in [9.17, 15) is 4.79 Å². The third kappa shape index (κ3) is 3.70. The number of aromatic nitrogens is 3. The SMILES string of the molecule is O=C(Nc1nc2c(s1)CCCC2)N1CCC(N(c2ccncn2)C2CC2)CC1. The van der Waals surface area contributed by atoms with Crippen molar-refractivity contribution in [2.24, 2.45) is 0 Å². The summed E-state index contributed by atoms with van der Waals surface area (Å²) in [5.41, 5.74) is 1.19. The number of carbonyl (C=O) groups excluding carboxylic acids is 1. The predicted molar refractivity (Wildman–Crippen MR) is 110 cm³/mol. The van der Waals surface area contributed by atoms with Gasteiger partial charge in [0.25, 0.3) is 0 Å². The van der Waals surface area contributed by atoms with Crippen LogP contribution in [0.25, 0.3) is 0 Å². The van der Waals surface area contributed by atoms with Crippen molar-refractivity contribution in [1.82, 2.24) is 19.9 Å². The van der Waals surface area contributed by atoms with Crippen molar-refractivity contribution in [3.05, 3.63) is 29.2 Å². The van der Waals surface area contributed by atoms with Gasteiger partial charge < -0.3 is 9.80 Å². The summed E-state index contributed by atoms with van der Waals surface area (Å²) in [5, 5.41) is 3.80. The van der Waals surface area contributed by atoms with Crippen LogP contribution in [-0.4, -0.2) is 51.1 Å². The minimum atomic E-state index is -0.00967. The van der Waals surface area contributed by atoms with E-state index < -0.39 is 0 Å². The minimum absolute atomic E-state index is 0.00967. The van der Waals surface area contributed by atoms with Gasteiger partial charge in [0, 0.05) is 36.2 Å².